The molecular formula is C17H24ClN3O2. The summed E-state index contributed by atoms with van der Waals surface area (Å²) in [6, 6.07) is 7.87. The van der Waals surface area contributed by atoms with Crippen LogP contribution in [-0.2, 0) is 4.79 Å². The predicted molar refractivity (Wildman–Crippen MR) is 91.9 cm³/mol. The molecule has 0 saturated carbocycles. The Balaban J connectivity index is 0.00000192. The summed E-state index contributed by atoms with van der Waals surface area (Å²) in [5.74, 6) is 0.242. The molecule has 2 aliphatic heterocycles. The fourth-order valence-corrected chi connectivity index (χ4v) is 3.38. The van der Waals surface area contributed by atoms with Crippen LogP contribution in [-0.4, -0.2) is 60.4 Å². The molecule has 0 aromatic heterocycles. The lowest BCUT2D eigenvalue weighted by atomic mass is 10.0. The molecule has 6 heteroatoms. The fourth-order valence-electron chi connectivity index (χ4n) is 3.38. The maximum Gasteiger partial charge on any atom is 0.254 e. The van der Waals surface area contributed by atoms with E-state index in [1.54, 1.807) is 0 Å². The van der Waals surface area contributed by atoms with Gasteiger partial charge in [0.15, 0.2) is 0 Å². The Morgan fingerprint density at radius 2 is 2.04 bits per heavy atom. The summed E-state index contributed by atoms with van der Waals surface area (Å²) in [5.41, 5.74) is 1.78. The number of hydrogen-bond donors (Lipinski definition) is 1. The number of amides is 2. The molecule has 2 amide bonds. The van der Waals surface area contributed by atoms with Crippen molar-refractivity contribution in [3.8, 4) is 0 Å². The van der Waals surface area contributed by atoms with Crippen LogP contribution < -0.4 is 5.32 Å². The first-order valence-corrected chi connectivity index (χ1v) is 8.02. The second kappa shape index (κ2) is 7.79. The van der Waals surface area contributed by atoms with Crippen molar-refractivity contribution in [3.63, 3.8) is 0 Å². The molecule has 1 unspecified atom stereocenters. The number of halogens is 1. The largest absolute Gasteiger partial charge is 0.337 e. The quantitative estimate of drug-likeness (QED) is 0.888. The maximum atomic E-state index is 12.7. The molecule has 2 aliphatic rings. The van der Waals surface area contributed by atoms with Crippen LogP contribution in [0.4, 0.5) is 0 Å². The van der Waals surface area contributed by atoms with E-state index in [0.717, 1.165) is 43.6 Å². The van der Waals surface area contributed by atoms with Gasteiger partial charge in [0.1, 0.15) is 0 Å². The Morgan fingerprint density at radius 3 is 2.78 bits per heavy atom. The summed E-state index contributed by atoms with van der Waals surface area (Å²) in [7, 11) is 0. The third kappa shape index (κ3) is 3.85. The van der Waals surface area contributed by atoms with E-state index in [2.05, 4.69) is 5.32 Å². The van der Waals surface area contributed by atoms with Crippen molar-refractivity contribution in [2.24, 2.45) is 0 Å². The third-order valence-corrected chi connectivity index (χ3v) is 4.63. The molecule has 1 atom stereocenters. The second-order valence-electron chi connectivity index (χ2n) is 6.13. The zero-order valence-corrected chi connectivity index (χ0v) is 14.3. The fraction of sp³-hybridized carbons (Fsp3) is 0.529. The van der Waals surface area contributed by atoms with Gasteiger partial charge in [-0.05, 0) is 31.4 Å². The number of hydrogen-bond acceptors (Lipinski definition) is 3. The Morgan fingerprint density at radius 1 is 1.26 bits per heavy atom. The molecule has 0 aliphatic carbocycles. The molecule has 23 heavy (non-hydrogen) atoms. The number of nitrogens with one attached hydrogen (secondary N) is 1. The van der Waals surface area contributed by atoms with Gasteiger partial charge >= 0.3 is 0 Å². The van der Waals surface area contributed by atoms with E-state index >= 15 is 0 Å². The molecular weight excluding hydrogens is 314 g/mol. The lowest BCUT2D eigenvalue weighted by Crippen LogP contribution is -2.57. The molecule has 0 spiro atoms. The second-order valence-corrected chi connectivity index (χ2v) is 6.13. The van der Waals surface area contributed by atoms with Gasteiger partial charge in [0.25, 0.3) is 5.91 Å². The Bertz CT molecular complexity index is 579. The molecule has 3 rings (SSSR count). The van der Waals surface area contributed by atoms with E-state index in [1.807, 2.05) is 41.0 Å². The number of carbonyl (C=O) groups excluding carboxylic acids is 2. The predicted octanol–water partition coefficient (Wildman–Crippen LogP) is 1.45. The first-order valence-electron chi connectivity index (χ1n) is 8.02. The molecule has 5 nitrogen and oxygen atoms in total. The van der Waals surface area contributed by atoms with Crippen molar-refractivity contribution >= 4 is 24.2 Å². The highest BCUT2D eigenvalue weighted by Gasteiger charge is 2.32. The summed E-state index contributed by atoms with van der Waals surface area (Å²) in [6.07, 6.45) is 1.95. The summed E-state index contributed by atoms with van der Waals surface area (Å²) in [6.45, 7) is 5.41. The van der Waals surface area contributed by atoms with E-state index < -0.39 is 0 Å². The number of likely N-dealkylation sites (tertiary alicyclic amines) is 1. The van der Waals surface area contributed by atoms with Gasteiger partial charge in [-0.25, -0.2) is 0 Å². The number of rotatable bonds is 2. The van der Waals surface area contributed by atoms with E-state index in [1.165, 1.54) is 0 Å². The van der Waals surface area contributed by atoms with Gasteiger partial charge in [0, 0.05) is 37.8 Å². The molecule has 2 saturated heterocycles. The minimum absolute atomic E-state index is 0. The highest BCUT2D eigenvalue weighted by molar-refractivity contribution is 5.95. The Kier molecular flexibility index (Phi) is 6.02. The van der Waals surface area contributed by atoms with Crippen molar-refractivity contribution in [1.82, 2.24) is 15.1 Å². The third-order valence-electron chi connectivity index (χ3n) is 4.63. The molecule has 1 N–H and O–H groups in total. The normalized spacial score (nSPS) is 21.8. The van der Waals surface area contributed by atoms with Crippen molar-refractivity contribution in [2.45, 2.75) is 25.8 Å². The van der Waals surface area contributed by atoms with Crippen LogP contribution in [0.3, 0.4) is 0 Å². The highest BCUT2D eigenvalue weighted by Crippen LogP contribution is 2.20. The molecule has 2 fully saturated rings. The minimum atomic E-state index is 0. The van der Waals surface area contributed by atoms with Crippen LogP contribution in [0.2, 0.25) is 0 Å². The smallest absolute Gasteiger partial charge is 0.254 e. The van der Waals surface area contributed by atoms with E-state index in [0.29, 0.717) is 13.1 Å². The molecule has 126 valence electrons. The number of piperidine rings is 1. The summed E-state index contributed by atoms with van der Waals surface area (Å²) in [5, 5.41) is 3.10. The van der Waals surface area contributed by atoms with Gasteiger partial charge in [0.05, 0.1) is 6.54 Å². The summed E-state index contributed by atoms with van der Waals surface area (Å²) >= 11 is 0. The van der Waals surface area contributed by atoms with E-state index in [4.69, 9.17) is 0 Å². The van der Waals surface area contributed by atoms with E-state index in [-0.39, 0.29) is 30.3 Å². The van der Waals surface area contributed by atoms with Gasteiger partial charge in [-0.1, -0.05) is 18.2 Å². The Hall–Kier alpha value is -1.59. The van der Waals surface area contributed by atoms with Crippen molar-refractivity contribution < 1.29 is 9.59 Å². The van der Waals surface area contributed by atoms with Crippen LogP contribution in [0.5, 0.6) is 0 Å². The van der Waals surface area contributed by atoms with Gasteiger partial charge in [-0.2, -0.15) is 0 Å². The number of benzene rings is 1. The SMILES string of the molecule is Cc1ccccc1C(=O)N1CCCC(N2CCNCC2=O)C1.Cl. The Labute approximate surface area is 143 Å². The number of nitrogens with zero attached hydrogens (tertiary/aromatic N) is 2. The first kappa shape index (κ1) is 17.8. The number of piperazine rings is 1. The minimum Gasteiger partial charge on any atom is -0.337 e. The van der Waals surface area contributed by atoms with Gasteiger partial charge in [-0.3, -0.25) is 9.59 Å². The van der Waals surface area contributed by atoms with Crippen LogP contribution >= 0.6 is 12.4 Å². The van der Waals surface area contributed by atoms with Crippen LogP contribution in [0.1, 0.15) is 28.8 Å². The summed E-state index contributed by atoms with van der Waals surface area (Å²) in [4.78, 5) is 28.7. The standard InChI is InChI=1S/C17H23N3O2.ClH/c1-13-5-2-3-7-15(13)17(22)19-9-4-6-14(12-19)20-10-8-18-11-16(20)21;/h2-3,5,7,14,18H,4,6,8-12H2,1H3;1H. The molecule has 0 radical (unpaired) electrons. The van der Waals surface area contributed by atoms with Crippen LogP contribution in [0.25, 0.3) is 0 Å². The van der Waals surface area contributed by atoms with Crippen molar-refractivity contribution in [1.29, 1.82) is 0 Å². The van der Waals surface area contributed by atoms with Crippen molar-refractivity contribution in [2.75, 3.05) is 32.7 Å². The van der Waals surface area contributed by atoms with Crippen LogP contribution in [0, 0.1) is 6.92 Å². The topological polar surface area (TPSA) is 52.7 Å². The maximum absolute atomic E-state index is 12.7. The van der Waals surface area contributed by atoms with Gasteiger partial charge < -0.3 is 15.1 Å². The molecule has 0 bridgehead atoms. The number of aryl methyl sites for hydroxylation is 1. The average molecular weight is 338 g/mol. The van der Waals surface area contributed by atoms with Gasteiger partial charge in [-0.15, -0.1) is 12.4 Å². The zero-order valence-electron chi connectivity index (χ0n) is 13.5. The first-order chi connectivity index (χ1) is 10.7. The van der Waals surface area contributed by atoms with Crippen LogP contribution in [0.15, 0.2) is 24.3 Å². The molecule has 2 heterocycles. The van der Waals surface area contributed by atoms with E-state index in [9.17, 15) is 9.59 Å². The lowest BCUT2D eigenvalue weighted by Gasteiger charge is -2.41. The number of carbonyl (C=O) groups is 2. The van der Waals surface area contributed by atoms with Gasteiger partial charge in [0.2, 0.25) is 5.91 Å². The highest BCUT2D eigenvalue weighted by atomic mass is 35.5. The lowest BCUT2D eigenvalue weighted by molar-refractivity contribution is -0.135. The van der Waals surface area contributed by atoms with Crippen molar-refractivity contribution in [3.05, 3.63) is 35.4 Å². The zero-order chi connectivity index (χ0) is 15.5. The molecule has 1 aromatic carbocycles. The summed E-state index contributed by atoms with van der Waals surface area (Å²) < 4.78 is 0. The average Bonchev–Trinajstić information content (AvgIpc) is 2.55. The molecule has 1 aromatic rings. The monoisotopic (exact) mass is 337 g/mol.